The van der Waals surface area contributed by atoms with Crippen molar-refractivity contribution in [2.45, 2.75) is 39.4 Å². The number of anilines is 1. The van der Waals surface area contributed by atoms with Crippen molar-refractivity contribution in [2.75, 3.05) is 12.4 Å². The second kappa shape index (κ2) is 9.86. The molecule has 0 aromatic heterocycles. The zero-order valence-corrected chi connectivity index (χ0v) is 16.6. The fourth-order valence-electron chi connectivity index (χ4n) is 2.62. The summed E-state index contributed by atoms with van der Waals surface area (Å²) in [5.41, 5.74) is 1.63. The van der Waals surface area contributed by atoms with E-state index in [1.165, 1.54) is 32.2 Å². The standard InChI is InChI=1S/C21H23F2NO5/c1-12(2)15-7-5-6-8-16(15)24-19(25)13(3)28-20(26)14-9-10-17(29-21(22)23)18(11-14)27-4/h5-13,21H,1-4H3,(H,24,25)/t13-/m1/s1. The van der Waals surface area contributed by atoms with Gasteiger partial charge in [0.1, 0.15) is 0 Å². The monoisotopic (exact) mass is 407 g/mol. The van der Waals surface area contributed by atoms with Crippen LogP contribution in [0.1, 0.15) is 42.6 Å². The summed E-state index contributed by atoms with van der Waals surface area (Å²) in [5, 5.41) is 2.76. The van der Waals surface area contributed by atoms with Crippen molar-refractivity contribution in [3.8, 4) is 11.5 Å². The fourth-order valence-corrected chi connectivity index (χ4v) is 2.62. The molecule has 0 unspecified atom stereocenters. The van der Waals surface area contributed by atoms with Crippen LogP contribution in [0, 0.1) is 0 Å². The van der Waals surface area contributed by atoms with Crippen molar-refractivity contribution in [3.05, 3.63) is 53.6 Å². The lowest BCUT2D eigenvalue weighted by Gasteiger charge is -2.17. The van der Waals surface area contributed by atoms with E-state index in [1.807, 2.05) is 26.0 Å². The summed E-state index contributed by atoms with van der Waals surface area (Å²) in [6.45, 7) is 2.42. The molecule has 0 heterocycles. The average Bonchev–Trinajstić information content (AvgIpc) is 2.67. The molecule has 1 amide bonds. The number of halogens is 2. The van der Waals surface area contributed by atoms with Gasteiger partial charge < -0.3 is 19.5 Å². The first-order valence-electron chi connectivity index (χ1n) is 8.96. The van der Waals surface area contributed by atoms with Gasteiger partial charge in [0.05, 0.1) is 12.7 Å². The maximum atomic E-state index is 12.4. The molecule has 0 saturated carbocycles. The van der Waals surface area contributed by atoms with Crippen molar-refractivity contribution in [1.29, 1.82) is 0 Å². The summed E-state index contributed by atoms with van der Waals surface area (Å²) in [6.07, 6.45) is -1.08. The molecule has 6 nitrogen and oxygen atoms in total. The Balaban J connectivity index is 2.07. The Labute approximate surface area is 167 Å². The Morgan fingerprint density at radius 1 is 1.00 bits per heavy atom. The van der Waals surface area contributed by atoms with Crippen LogP contribution in [-0.2, 0) is 9.53 Å². The summed E-state index contributed by atoms with van der Waals surface area (Å²) < 4.78 is 39.3. The van der Waals surface area contributed by atoms with Crippen molar-refractivity contribution < 1.29 is 32.6 Å². The lowest BCUT2D eigenvalue weighted by atomic mass is 10.0. The minimum Gasteiger partial charge on any atom is -0.493 e. The van der Waals surface area contributed by atoms with Gasteiger partial charge in [-0.1, -0.05) is 32.0 Å². The van der Waals surface area contributed by atoms with Crippen molar-refractivity contribution in [2.24, 2.45) is 0 Å². The molecule has 0 aliphatic heterocycles. The summed E-state index contributed by atoms with van der Waals surface area (Å²) in [7, 11) is 1.25. The summed E-state index contributed by atoms with van der Waals surface area (Å²) in [4.78, 5) is 24.8. The molecule has 0 aliphatic rings. The number of carbonyl (C=O) groups is 2. The van der Waals surface area contributed by atoms with Gasteiger partial charge >= 0.3 is 12.6 Å². The number of nitrogens with one attached hydrogen (secondary N) is 1. The molecule has 8 heteroatoms. The Kier molecular flexibility index (Phi) is 7.52. The van der Waals surface area contributed by atoms with Gasteiger partial charge in [-0.2, -0.15) is 8.78 Å². The van der Waals surface area contributed by atoms with Gasteiger partial charge in [-0.3, -0.25) is 4.79 Å². The van der Waals surface area contributed by atoms with Gasteiger partial charge in [-0.25, -0.2) is 4.79 Å². The van der Waals surface area contributed by atoms with Crippen molar-refractivity contribution in [1.82, 2.24) is 0 Å². The summed E-state index contributed by atoms with van der Waals surface area (Å²) >= 11 is 0. The van der Waals surface area contributed by atoms with E-state index in [4.69, 9.17) is 9.47 Å². The highest BCUT2D eigenvalue weighted by atomic mass is 19.3. The van der Waals surface area contributed by atoms with Crippen LogP contribution in [0.2, 0.25) is 0 Å². The van der Waals surface area contributed by atoms with Gasteiger partial charge in [-0.05, 0) is 42.7 Å². The molecule has 0 fully saturated rings. The maximum absolute atomic E-state index is 12.4. The largest absolute Gasteiger partial charge is 0.493 e. The Morgan fingerprint density at radius 2 is 1.69 bits per heavy atom. The number of esters is 1. The number of alkyl halides is 2. The molecule has 0 aliphatic carbocycles. The molecule has 0 radical (unpaired) electrons. The second-order valence-electron chi connectivity index (χ2n) is 6.52. The van der Waals surface area contributed by atoms with E-state index >= 15 is 0 Å². The lowest BCUT2D eigenvalue weighted by molar-refractivity contribution is -0.123. The molecule has 1 N–H and O–H groups in total. The molecule has 29 heavy (non-hydrogen) atoms. The number of hydrogen-bond acceptors (Lipinski definition) is 5. The first kappa shape index (κ1) is 22.1. The van der Waals surface area contributed by atoms with Crippen LogP contribution < -0.4 is 14.8 Å². The van der Waals surface area contributed by atoms with Crippen LogP contribution >= 0.6 is 0 Å². The van der Waals surface area contributed by atoms with E-state index in [2.05, 4.69) is 10.1 Å². The molecule has 156 valence electrons. The first-order chi connectivity index (χ1) is 13.7. The molecule has 0 bridgehead atoms. The Morgan fingerprint density at radius 3 is 2.31 bits per heavy atom. The number of methoxy groups -OCH3 is 1. The van der Waals surface area contributed by atoms with Gasteiger partial charge in [0.15, 0.2) is 17.6 Å². The Bertz CT molecular complexity index is 870. The van der Waals surface area contributed by atoms with Crippen molar-refractivity contribution >= 4 is 17.6 Å². The number of rotatable bonds is 8. The first-order valence-corrected chi connectivity index (χ1v) is 8.96. The highest BCUT2D eigenvalue weighted by Gasteiger charge is 2.22. The number of para-hydroxylation sites is 1. The molecule has 2 aromatic carbocycles. The zero-order chi connectivity index (χ0) is 21.6. The minimum atomic E-state index is -3.03. The van der Waals surface area contributed by atoms with E-state index in [0.717, 1.165) is 5.56 Å². The number of benzene rings is 2. The van der Waals surface area contributed by atoms with Crippen LogP contribution in [0.3, 0.4) is 0 Å². The minimum absolute atomic E-state index is 0.0331. The second-order valence-corrected chi connectivity index (χ2v) is 6.52. The average molecular weight is 407 g/mol. The van der Waals surface area contributed by atoms with Crippen molar-refractivity contribution in [3.63, 3.8) is 0 Å². The van der Waals surface area contributed by atoms with Crippen LogP contribution in [0.15, 0.2) is 42.5 Å². The highest BCUT2D eigenvalue weighted by molar-refractivity contribution is 5.98. The summed E-state index contributed by atoms with van der Waals surface area (Å²) in [6, 6.07) is 11.0. The van der Waals surface area contributed by atoms with Crippen LogP contribution in [0.25, 0.3) is 0 Å². The highest BCUT2D eigenvalue weighted by Crippen LogP contribution is 2.30. The van der Waals surface area contributed by atoms with E-state index in [9.17, 15) is 18.4 Å². The third kappa shape index (κ3) is 5.91. The van der Waals surface area contributed by atoms with Gasteiger partial charge in [0, 0.05) is 5.69 Å². The molecule has 0 saturated heterocycles. The van der Waals surface area contributed by atoms with E-state index < -0.39 is 24.6 Å². The third-order valence-electron chi connectivity index (χ3n) is 4.11. The van der Waals surface area contributed by atoms with Gasteiger partial charge in [0.2, 0.25) is 0 Å². The normalized spacial score (nSPS) is 11.9. The summed E-state index contributed by atoms with van der Waals surface area (Å²) in [5.74, 6) is -1.36. The SMILES string of the molecule is COc1cc(C(=O)O[C@H](C)C(=O)Nc2ccccc2C(C)C)ccc1OC(F)F. The number of amides is 1. The third-order valence-corrected chi connectivity index (χ3v) is 4.11. The molecule has 1 atom stereocenters. The molecular weight excluding hydrogens is 384 g/mol. The molecule has 2 rings (SSSR count). The smallest absolute Gasteiger partial charge is 0.387 e. The van der Waals surface area contributed by atoms with Crippen LogP contribution in [-0.4, -0.2) is 31.7 Å². The fraction of sp³-hybridized carbons (Fsp3) is 0.333. The number of carbonyl (C=O) groups excluding carboxylic acids is 2. The van der Waals surface area contributed by atoms with Crippen LogP contribution in [0.4, 0.5) is 14.5 Å². The maximum Gasteiger partial charge on any atom is 0.387 e. The molecular formula is C21H23F2NO5. The van der Waals surface area contributed by atoms with Crippen LogP contribution in [0.5, 0.6) is 11.5 Å². The topological polar surface area (TPSA) is 73.9 Å². The van der Waals surface area contributed by atoms with E-state index in [-0.39, 0.29) is 23.0 Å². The van der Waals surface area contributed by atoms with Gasteiger partial charge in [0.25, 0.3) is 5.91 Å². The quantitative estimate of drug-likeness (QED) is 0.647. The lowest BCUT2D eigenvalue weighted by Crippen LogP contribution is -2.30. The number of ether oxygens (including phenoxy) is 3. The zero-order valence-electron chi connectivity index (χ0n) is 16.6. The number of hydrogen-bond donors (Lipinski definition) is 1. The predicted molar refractivity (Wildman–Crippen MR) is 104 cm³/mol. The van der Waals surface area contributed by atoms with Gasteiger partial charge in [-0.15, -0.1) is 0 Å². The Hall–Kier alpha value is -3.16. The molecule has 0 spiro atoms. The van der Waals surface area contributed by atoms with E-state index in [0.29, 0.717) is 5.69 Å². The van der Waals surface area contributed by atoms with E-state index in [1.54, 1.807) is 12.1 Å². The predicted octanol–water partition coefficient (Wildman–Crippen LogP) is 4.60. The molecule has 2 aromatic rings.